The first-order chi connectivity index (χ1) is 13.9. The summed E-state index contributed by atoms with van der Waals surface area (Å²) in [6.45, 7) is 12.4. The lowest BCUT2D eigenvalue weighted by molar-refractivity contribution is -0.274. The molecule has 1 atom stereocenters. The maximum Gasteiger partial charge on any atom is 0.573 e. The Hall–Kier alpha value is -2.88. The topological polar surface area (TPSA) is 86.5 Å². The second-order valence-electron chi connectivity index (χ2n) is 5.07. The molecular weight excluding hydrogens is 391 g/mol. The fourth-order valence-corrected chi connectivity index (χ4v) is 2.06. The fraction of sp³-hybridized carbons (Fsp3) is 0.421. The standard InChI is InChI=1S/C8H7F3O.C7H9N3O3.C2H6.C2H4/c1-6-3-2-4-7(5-6)12-8(9,10)11;11-4-8-7-10-9-6(13-7)5-2-1-3-12-5;2*1-2/h2-5H,1H3;4-5H,1-3H2,(H,8,10,11);1-2H3;1-2H2. The van der Waals surface area contributed by atoms with Crippen molar-refractivity contribution in [2.45, 2.75) is 46.1 Å². The molecule has 0 bridgehead atoms. The van der Waals surface area contributed by atoms with Crippen molar-refractivity contribution in [2.24, 2.45) is 0 Å². The molecule has 1 aromatic carbocycles. The highest BCUT2D eigenvalue weighted by Crippen LogP contribution is 2.27. The van der Waals surface area contributed by atoms with Crippen LogP contribution in [0.25, 0.3) is 0 Å². The van der Waals surface area contributed by atoms with E-state index in [9.17, 15) is 18.0 Å². The van der Waals surface area contributed by atoms with Gasteiger partial charge in [-0.1, -0.05) is 31.1 Å². The van der Waals surface area contributed by atoms with Crippen LogP contribution in [0.15, 0.2) is 41.8 Å². The number of benzene rings is 1. The van der Waals surface area contributed by atoms with E-state index < -0.39 is 6.36 Å². The average molecular weight is 417 g/mol. The predicted octanol–water partition coefficient (Wildman–Crippen LogP) is 5.21. The minimum absolute atomic E-state index is 0.102. The SMILES string of the molecule is C=C.CC.Cc1cccc(OC(F)(F)F)c1.O=CNc1nnc(C2CCCO2)o1. The molecule has 1 saturated heterocycles. The summed E-state index contributed by atoms with van der Waals surface area (Å²) in [5.41, 5.74) is 0.733. The van der Waals surface area contributed by atoms with Crippen molar-refractivity contribution in [1.29, 1.82) is 0 Å². The zero-order valence-electron chi connectivity index (χ0n) is 16.7. The molecule has 1 fully saturated rings. The molecule has 1 N–H and O–H groups in total. The van der Waals surface area contributed by atoms with Gasteiger partial charge in [-0.05, 0) is 37.5 Å². The van der Waals surface area contributed by atoms with Crippen LogP contribution in [0.3, 0.4) is 0 Å². The number of nitrogens with one attached hydrogen (secondary N) is 1. The van der Waals surface area contributed by atoms with Gasteiger partial charge in [0, 0.05) is 6.61 Å². The number of ether oxygens (including phenoxy) is 2. The minimum Gasteiger partial charge on any atom is -0.406 e. The maximum atomic E-state index is 11.7. The summed E-state index contributed by atoms with van der Waals surface area (Å²) in [5, 5.41) is 9.64. The normalized spacial score (nSPS) is 14.8. The molecule has 29 heavy (non-hydrogen) atoms. The fourth-order valence-electron chi connectivity index (χ4n) is 2.06. The van der Waals surface area contributed by atoms with E-state index in [1.165, 1.54) is 18.2 Å². The minimum atomic E-state index is -4.60. The van der Waals surface area contributed by atoms with Gasteiger partial charge in [0.05, 0.1) is 0 Å². The Morgan fingerprint density at radius 1 is 1.28 bits per heavy atom. The number of alkyl halides is 3. The zero-order valence-corrected chi connectivity index (χ0v) is 16.7. The van der Waals surface area contributed by atoms with Crippen molar-refractivity contribution in [3.63, 3.8) is 0 Å². The van der Waals surface area contributed by atoms with Gasteiger partial charge >= 0.3 is 12.4 Å². The molecule has 1 amide bonds. The summed E-state index contributed by atoms with van der Waals surface area (Å²) in [6.07, 6.45) is -2.32. The van der Waals surface area contributed by atoms with Crippen molar-refractivity contribution in [3.8, 4) is 5.75 Å². The number of aromatic nitrogens is 2. The summed E-state index contributed by atoms with van der Waals surface area (Å²) in [6, 6.07) is 5.91. The first kappa shape index (κ1) is 26.1. The van der Waals surface area contributed by atoms with Crippen LogP contribution >= 0.6 is 0 Å². The van der Waals surface area contributed by atoms with Crippen LogP contribution in [-0.4, -0.2) is 29.6 Å². The Morgan fingerprint density at radius 2 is 1.97 bits per heavy atom. The van der Waals surface area contributed by atoms with Crippen LogP contribution in [0.4, 0.5) is 19.2 Å². The summed E-state index contributed by atoms with van der Waals surface area (Å²) in [5.74, 6) is 0.254. The molecule has 0 saturated carbocycles. The molecule has 2 heterocycles. The Balaban J connectivity index is 0.000000463. The smallest absolute Gasteiger partial charge is 0.406 e. The molecule has 3 rings (SSSR count). The Bertz CT molecular complexity index is 702. The highest BCUT2D eigenvalue weighted by Gasteiger charge is 2.30. The molecule has 1 unspecified atom stereocenters. The molecule has 0 aliphatic carbocycles. The van der Waals surface area contributed by atoms with Crippen molar-refractivity contribution in [3.05, 3.63) is 48.9 Å². The number of amides is 1. The molecule has 1 aromatic heterocycles. The number of hydrogen-bond acceptors (Lipinski definition) is 6. The van der Waals surface area contributed by atoms with Gasteiger partial charge in [-0.2, -0.15) is 0 Å². The van der Waals surface area contributed by atoms with Gasteiger partial charge in [0.1, 0.15) is 11.9 Å². The Morgan fingerprint density at radius 3 is 2.48 bits per heavy atom. The lowest BCUT2D eigenvalue weighted by atomic mass is 10.2. The third-order valence-corrected chi connectivity index (χ3v) is 3.05. The summed E-state index contributed by atoms with van der Waals surface area (Å²) < 4.78 is 49.1. The van der Waals surface area contributed by atoms with Crippen LogP contribution in [-0.2, 0) is 9.53 Å². The molecular formula is C19H26F3N3O4. The van der Waals surface area contributed by atoms with Gasteiger partial charge in [-0.15, -0.1) is 31.4 Å². The molecule has 1 aliphatic heterocycles. The highest BCUT2D eigenvalue weighted by atomic mass is 19.4. The number of nitrogens with zero attached hydrogens (tertiary/aromatic N) is 2. The Kier molecular flexibility index (Phi) is 12.8. The molecule has 0 radical (unpaired) electrons. The molecule has 10 heteroatoms. The number of anilines is 1. The van der Waals surface area contributed by atoms with Gasteiger partial charge in [0.15, 0.2) is 0 Å². The van der Waals surface area contributed by atoms with Gasteiger partial charge in [0.25, 0.3) is 0 Å². The lowest BCUT2D eigenvalue weighted by Gasteiger charge is -2.08. The Labute approximate surface area is 167 Å². The summed E-state index contributed by atoms with van der Waals surface area (Å²) in [4.78, 5) is 10.0. The number of carbonyl (C=O) groups excluding carboxylic acids is 1. The van der Waals surface area contributed by atoms with E-state index in [2.05, 4.69) is 33.4 Å². The maximum absolute atomic E-state index is 11.7. The number of hydrogen-bond donors (Lipinski definition) is 1. The number of rotatable bonds is 4. The van der Waals surface area contributed by atoms with Crippen molar-refractivity contribution in [2.75, 3.05) is 11.9 Å². The van der Waals surface area contributed by atoms with E-state index in [0.29, 0.717) is 12.3 Å². The van der Waals surface area contributed by atoms with Crippen molar-refractivity contribution in [1.82, 2.24) is 10.2 Å². The highest BCUT2D eigenvalue weighted by molar-refractivity contribution is 5.65. The van der Waals surface area contributed by atoms with E-state index in [0.717, 1.165) is 25.0 Å². The van der Waals surface area contributed by atoms with Crippen molar-refractivity contribution >= 4 is 12.4 Å². The molecule has 7 nitrogen and oxygen atoms in total. The van der Waals surface area contributed by atoms with Crippen LogP contribution in [0.2, 0.25) is 0 Å². The van der Waals surface area contributed by atoms with Gasteiger partial charge in [-0.25, -0.2) is 0 Å². The van der Waals surface area contributed by atoms with Crippen LogP contribution in [0.1, 0.15) is 44.2 Å². The number of aryl methyl sites for hydroxylation is 1. The number of carbonyl (C=O) groups is 1. The quantitative estimate of drug-likeness (QED) is 0.543. The van der Waals surface area contributed by atoms with Crippen LogP contribution in [0.5, 0.6) is 5.75 Å². The molecule has 2 aromatic rings. The van der Waals surface area contributed by atoms with E-state index in [1.54, 1.807) is 13.0 Å². The molecule has 162 valence electrons. The number of halogens is 3. The summed E-state index contributed by atoms with van der Waals surface area (Å²) in [7, 11) is 0. The summed E-state index contributed by atoms with van der Waals surface area (Å²) >= 11 is 0. The predicted molar refractivity (Wildman–Crippen MR) is 102 cm³/mol. The second kappa shape index (κ2) is 14.2. The average Bonchev–Trinajstić information content (AvgIpc) is 3.36. The first-order valence-electron chi connectivity index (χ1n) is 8.85. The third-order valence-electron chi connectivity index (χ3n) is 3.05. The van der Waals surface area contributed by atoms with Gasteiger partial charge < -0.3 is 13.9 Å². The lowest BCUT2D eigenvalue weighted by Crippen LogP contribution is -2.17. The second-order valence-corrected chi connectivity index (χ2v) is 5.07. The zero-order chi connectivity index (χ0) is 22.3. The van der Waals surface area contributed by atoms with E-state index in [1.807, 2.05) is 13.8 Å². The third kappa shape index (κ3) is 10.9. The van der Waals surface area contributed by atoms with Gasteiger partial charge in [-0.3, -0.25) is 10.1 Å². The van der Waals surface area contributed by atoms with Gasteiger partial charge in [0.2, 0.25) is 12.3 Å². The van der Waals surface area contributed by atoms with E-state index >= 15 is 0 Å². The van der Waals surface area contributed by atoms with E-state index in [-0.39, 0.29) is 17.9 Å². The van der Waals surface area contributed by atoms with Crippen LogP contribution < -0.4 is 10.1 Å². The first-order valence-corrected chi connectivity index (χ1v) is 8.85. The van der Waals surface area contributed by atoms with Crippen molar-refractivity contribution < 1.29 is 31.9 Å². The van der Waals surface area contributed by atoms with E-state index in [4.69, 9.17) is 9.15 Å². The molecule has 1 aliphatic rings. The van der Waals surface area contributed by atoms with Crippen LogP contribution in [0, 0.1) is 6.92 Å². The monoisotopic (exact) mass is 417 g/mol. The largest absolute Gasteiger partial charge is 0.573 e. The molecule has 0 spiro atoms.